The summed E-state index contributed by atoms with van der Waals surface area (Å²) in [5.74, 6) is 1.29. The maximum atomic E-state index is 6.02. The summed E-state index contributed by atoms with van der Waals surface area (Å²) in [6, 6.07) is 15.0. The van der Waals surface area contributed by atoms with Crippen LogP contribution in [0.2, 0.25) is 0 Å². The van der Waals surface area contributed by atoms with Crippen LogP contribution in [0, 0.1) is 13.8 Å². The normalized spacial score (nSPS) is 12.2. The Morgan fingerprint density at radius 3 is 2.33 bits per heavy atom. The molecule has 0 aliphatic rings. The fourth-order valence-electron chi connectivity index (χ4n) is 2.69. The zero-order chi connectivity index (χ0) is 15.2. The Bertz CT molecular complexity index is 575. The summed E-state index contributed by atoms with van der Waals surface area (Å²) in [6.07, 6.45) is 0.978. The Hall–Kier alpha value is -1.80. The summed E-state index contributed by atoms with van der Waals surface area (Å²) in [6.45, 7) is 7.60. The number of nitrogens with two attached hydrogens (primary N) is 1. The lowest BCUT2D eigenvalue weighted by molar-refractivity contribution is 0.340. The van der Waals surface area contributed by atoms with Crippen LogP contribution in [0.25, 0.3) is 0 Å². The first-order valence-corrected chi connectivity index (χ1v) is 7.63. The maximum Gasteiger partial charge on any atom is 0.119 e. The first kappa shape index (κ1) is 15.6. The molecule has 112 valence electrons. The zero-order valence-corrected chi connectivity index (χ0v) is 13.2. The number of rotatable bonds is 6. The van der Waals surface area contributed by atoms with Crippen molar-refractivity contribution in [2.24, 2.45) is 5.73 Å². The Morgan fingerprint density at radius 1 is 1.05 bits per heavy atom. The van der Waals surface area contributed by atoms with Crippen LogP contribution in [0.3, 0.4) is 0 Å². The van der Waals surface area contributed by atoms with E-state index in [1.54, 1.807) is 0 Å². The van der Waals surface area contributed by atoms with Crippen LogP contribution in [0.4, 0.5) is 0 Å². The molecule has 0 bridgehead atoms. The molecule has 0 aromatic heterocycles. The number of benzene rings is 2. The third kappa shape index (κ3) is 4.08. The van der Waals surface area contributed by atoms with E-state index < -0.39 is 0 Å². The number of aryl methyl sites for hydroxylation is 2. The average molecular weight is 283 g/mol. The lowest BCUT2D eigenvalue weighted by Gasteiger charge is -2.19. The van der Waals surface area contributed by atoms with Crippen molar-refractivity contribution in [3.63, 3.8) is 0 Å². The van der Waals surface area contributed by atoms with Gasteiger partial charge in [-0.3, -0.25) is 0 Å². The van der Waals surface area contributed by atoms with Gasteiger partial charge < -0.3 is 10.5 Å². The predicted octanol–water partition coefficient (Wildman–Crippen LogP) is 3.99. The van der Waals surface area contributed by atoms with Gasteiger partial charge in [-0.2, -0.15) is 0 Å². The van der Waals surface area contributed by atoms with E-state index in [9.17, 15) is 0 Å². The zero-order valence-electron chi connectivity index (χ0n) is 13.2. The largest absolute Gasteiger partial charge is 0.494 e. The minimum Gasteiger partial charge on any atom is -0.494 e. The van der Waals surface area contributed by atoms with Gasteiger partial charge >= 0.3 is 0 Å². The second kappa shape index (κ2) is 7.28. The van der Waals surface area contributed by atoms with E-state index in [2.05, 4.69) is 50.2 Å². The molecular formula is C19H25NO. The molecule has 0 aliphatic heterocycles. The molecule has 0 saturated heterocycles. The highest BCUT2D eigenvalue weighted by molar-refractivity contribution is 5.38. The molecule has 2 heteroatoms. The Labute approximate surface area is 127 Å². The van der Waals surface area contributed by atoms with Gasteiger partial charge in [0, 0.05) is 5.92 Å². The predicted molar refractivity (Wildman–Crippen MR) is 89.0 cm³/mol. The van der Waals surface area contributed by atoms with Crippen LogP contribution in [0.5, 0.6) is 5.75 Å². The minimum absolute atomic E-state index is 0.350. The third-order valence-corrected chi connectivity index (χ3v) is 3.88. The average Bonchev–Trinajstić information content (AvgIpc) is 2.48. The van der Waals surface area contributed by atoms with Gasteiger partial charge in [0.15, 0.2) is 0 Å². The van der Waals surface area contributed by atoms with E-state index in [0.29, 0.717) is 19.1 Å². The van der Waals surface area contributed by atoms with Crippen molar-refractivity contribution in [1.82, 2.24) is 0 Å². The first-order chi connectivity index (χ1) is 10.1. The van der Waals surface area contributed by atoms with Gasteiger partial charge in [0.2, 0.25) is 0 Å². The summed E-state index contributed by atoms with van der Waals surface area (Å²) in [7, 11) is 0. The molecule has 0 radical (unpaired) electrons. The molecule has 1 unspecified atom stereocenters. The van der Waals surface area contributed by atoms with E-state index >= 15 is 0 Å². The molecule has 2 aromatic rings. The van der Waals surface area contributed by atoms with Crippen molar-refractivity contribution in [2.45, 2.75) is 33.1 Å². The highest BCUT2D eigenvalue weighted by Crippen LogP contribution is 2.26. The molecule has 0 heterocycles. The van der Waals surface area contributed by atoms with Crippen molar-refractivity contribution in [3.8, 4) is 5.75 Å². The lowest BCUT2D eigenvalue weighted by atomic mass is 9.89. The van der Waals surface area contributed by atoms with E-state index in [1.807, 2.05) is 13.0 Å². The van der Waals surface area contributed by atoms with Crippen molar-refractivity contribution < 1.29 is 4.74 Å². The third-order valence-electron chi connectivity index (χ3n) is 3.88. The van der Waals surface area contributed by atoms with Crippen LogP contribution in [-0.2, 0) is 6.42 Å². The summed E-state index contributed by atoms with van der Waals surface area (Å²) >= 11 is 0. The Kier molecular flexibility index (Phi) is 5.40. The Balaban J connectivity index is 2.18. The molecule has 1 atom stereocenters. The second-order valence-electron chi connectivity index (χ2n) is 5.57. The van der Waals surface area contributed by atoms with Gasteiger partial charge in [0.25, 0.3) is 0 Å². The van der Waals surface area contributed by atoms with Gasteiger partial charge in [0.1, 0.15) is 5.75 Å². The van der Waals surface area contributed by atoms with Crippen molar-refractivity contribution in [1.29, 1.82) is 0 Å². The molecule has 0 aliphatic carbocycles. The van der Waals surface area contributed by atoms with Gasteiger partial charge in [-0.1, -0.05) is 35.9 Å². The molecule has 21 heavy (non-hydrogen) atoms. The van der Waals surface area contributed by atoms with Crippen molar-refractivity contribution in [2.75, 3.05) is 13.2 Å². The molecule has 0 spiro atoms. The summed E-state index contributed by atoms with van der Waals surface area (Å²) in [5.41, 5.74) is 11.2. The van der Waals surface area contributed by atoms with E-state index in [0.717, 1.165) is 12.2 Å². The number of ether oxygens (including phenoxy) is 1. The van der Waals surface area contributed by atoms with Gasteiger partial charge in [-0.05, 0) is 62.6 Å². The molecule has 2 aromatic carbocycles. The van der Waals surface area contributed by atoms with Crippen molar-refractivity contribution >= 4 is 0 Å². The fraction of sp³-hybridized carbons (Fsp3) is 0.368. The number of hydrogen-bond donors (Lipinski definition) is 1. The molecule has 2 N–H and O–H groups in total. The molecule has 0 amide bonds. The summed E-state index contributed by atoms with van der Waals surface area (Å²) < 4.78 is 5.56. The van der Waals surface area contributed by atoms with Crippen LogP contribution in [-0.4, -0.2) is 13.2 Å². The van der Waals surface area contributed by atoms with Crippen LogP contribution in [0.1, 0.15) is 35.1 Å². The van der Waals surface area contributed by atoms with Crippen molar-refractivity contribution in [3.05, 3.63) is 64.7 Å². The highest BCUT2D eigenvalue weighted by Gasteiger charge is 2.13. The quantitative estimate of drug-likeness (QED) is 0.870. The fourth-order valence-corrected chi connectivity index (χ4v) is 2.69. The summed E-state index contributed by atoms with van der Waals surface area (Å²) in [4.78, 5) is 0. The van der Waals surface area contributed by atoms with Gasteiger partial charge in [0.05, 0.1) is 6.61 Å². The molecular weight excluding hydrogens is 258 g/mol. The SMILES string of the molecule is CCOc1ccc(C(CN)Cc2ccc(C)cc2)c(C)c1. The minimum atomic E-state index is 0.350. The van der Waals surface area contributed by atoms with Crippen LogP contribution in [0.15, 0.2) is 42.5 Å². The molecule has 2 nitrogen and oxygen atoms in total. The molecule has 2 rings (SSSR count). The summed E-state index contributed by atoms with van der Waals surface area (Å²) in [5, 5.41) is 0. The molecule has 0 saturated carbocycles. The van der Waals surface area contributed by atoms with Gasteiger partial charge in [-0.25, -0.2) is 0 Å². The first-order valence-electron chi connectivity index (χ1n) is 7.63. The standard InChI is InChI=1S/C19H25NO/c1-4-21-18-9-10-19(15(3)11-18)17(13-20)12-16-7-5-14(2)6-8-16/h5-11,17H,4,12-13,20H2,1-3H3. The monoisotopic (exact) mass is 283 g/mol. The van der Waals surface area contributed by atoms with Gasteiger partial charge in [-0.15, -0.1) is 0 Å². The van der Waals surface area contributed by atoms with E-state index in [-0.39, 0.29) is 0 Å². The van der Waals surface area contributed by atoms with Crippen LogP contribution < -0.4 is 10.5 Å². The second-order valence-corrected chi connectivity index (χ2v) is 5.57. The van der Waals surface area contributed by atoms with E-state index in [4.69, 9.17) is 10.5 Å². The highest BCUT2D eigenvalue weighted by atomic mass is 16.5. The molecule has 0 fully saturated rings. The van der Waals surface area contributed by atoms with Crippen LogP contribution >= 0.6 is 0 Å². The topological polar surface area (TPSA) is 35.2 Å². The Morgan fingerprint density at radius 2 is 1.76 bits per heavy atom. The lowest BCUT2D eigenvalue weighted by Crippen LogP contribution is -2.16. The van der Waals surface area contributed by atoms with E-state index in [1.165, 1.54) is 22.3 Å². The smallest absolute Gasteiger partial charge is 0.119 e. The number of hydrogen-bond acceptors (Lipinski definition) is 2. The maximum absolute atomic E-state index is 6.02.